The first-order chi connectivity index (χ1) is 10.3. The predicted octanol–water partition coefficient (Wildman–Crippen LogP) is 1.29. The zero-order chi connectivity index (χ0) is 16.0. The van der Waals surface area contributed by atoms with E-state index in [1.807, 2.05) is 13.8 Å². The van der Waals surface area contributed by atoms with Crippen LogP contribution in [-0.2, 0) is 10.0 Å². The van der Waals surface area contributed by atoms with E-state index in [4.69, 9.17) is 5.73 Å². The number of nitrogens with two attached hydrogens (primary N) is 1. The molecule has 3 rings (SSSR count). The zero-order valence-electron chi connectivity index (χ0n) is 12.4. The molecule has 0 spiro atoms. The number of sulfonamides is 1. The van der Waals surface area contributed by atoms with E-state index in [1.54, 1.807) is 24.4 Å². The van der Waals surface area contributed by atoms with Gasteiger partial charge in [0, 0.05) is 30.0 Å². The molecular formula is C14H17N5O2S. The maximum absolute atomic E-state index is 12.7. The highest BCUT2D eigenvalue weighted by Crippen LogP contribution is 2.35. The molecule has 1 aliphatic heterocycles. The molecule has 0 aliphatic carbocycles. The maximum Gasteiger partial charge on any atom is 0.245 e. The molecule has 0 unspecified atom stereocenters. The van der Waals surface area contributed by atoms with Crippen molar-refractivity contribution in [3.63, 3.8) is 0 Å². The summed E-state index contributed by atoms with van der Waals surface area (Å²) in [5, 5.41) is 7.73. The summed E-state index contributed by atoms with van der Waals surface area (Å²) in [6, 6.07) is 4.86. The number of rotatable bonds is 3. The van der Waals surface area contributed by atoms with Gasteiger partial charge >= 0.3 is 0 Å². The molecule has 22 heavy (non-hydrogen) atoms. The Balaban J connectivity index is 1.99. The number of nitrogen functional groups attached to an aromatic ring is 1. The predicted molar refractivity (Wildman–Crippen MR) is 82.3 cm³/mol. The van der Waals surface area contributed by atoms with E-state index >= 15 is 0 Å². The Morgan fingerprint density at radius 2 is 2.00 bits per heavy atom. The highest BCUT2D eigenvalue weighted by molar-refractivity contribution is 7.89. The van der Waals surface area contributed by atoms with Crippen molar-refractivity contribution in [3.8, 4) is 11.3 Å². The summed E-state index contributed by atoms with van der Waals surface area (Å²) < 4.78 is 26.9. The van der Waals surface area contributed by atoms with Gasteiger partial charge in [0.1, 0.15) is 10.7 Å². The summed E-state index contributed by atoms with van der Waals surface area (Å²) in [5.41, 5.74) is 6.27. The molecule has 3 heterocycles. The molecule has 116 valence electrons. The molecule has 2 aromatic rings. The van der Waals surface area contributed by atoms with Gasteiger partial charge in [-0.05, 0) is 38.5 Å². The first-order valence-electron chi connectivity index (χ1n) is 6.88. The number of hydrogen-bond donors (Lipinski definition) is 1. The van der Waals surface area contributed by atoms with E-state index < -0.39 is 10.0 Å². The minimum atomic E-state index is -3.55. The number of anilines is 1. The van der Waals surface area contributed by atoms with Gasteiger partial charge in [-0.25, -0.2) is 8.42 Å². The largest absolute Gasteiger partial charge is 0.382 e. The van der Waals surface area contributed by atoms with Gasteiger partial charge in [0.25, 0.3) is 0 Å². The van der Waals surface area contributed by atoms with Crippen molar-refractivity contribution in [2.45, 2.75) is 30.7 Å². The Hall–Kier alpha value is -2.06. The molecule has 1 saturated heterocycles. The van der Waals surface area contributed by atoms with Crippen LogP contribution in [0.15, 0.2) is 35.5 Å². The highest BCUT2D eigenvalue weighted by atomic mass is 32.2. The smallest absolute Gasteiger partial charge is 0.245 e. The number of pyridine rings is 1. The van der Waals surface area contributed by atoms with Gasteiger partial charge < -0.3 is 5.73 Å². The first-order valence-corrected chi connectivity index (χ1v) is 8.32. The average Bonchev–Trinajstić information content (AvgIpc) is 2.47. The molecule has 0 radical (unpaired) electrons. The van der Waals surface area contributed by atoms with Gasteiger partial charge in [0.2, 0.25) is 10.0 Å². The molecule has 0 saturated carbocycles. The average molecular weight is 319 g/mol. The van der Waals surface area contributed by atoms with Crippen LogP contribution in [0.5, 0.6) is 0 Å². The Kier molecular flexibility index (Phi) is 3.37. The van der Waals surface area contributed by atoms with Crippen LogP contribution in [0.3, 0.4) is 0 Å². The monoisotopic (exact) mass is 319 g/mol. The molecule has 8 heteroatoms. The topological polar surface area (TPSA) is 102 Å². The fourth-order valence-corrected chi connectivity index (χ4v) is 4.22. The van der Waals surface area contributed by atoms with Crippen molar-refractivity contribution in [2.24, 2.45) is 0 Å². The summed E-state index contributed by atoms with van der Waals surface area (Å²) in [6.07, 6.45) is 3.77. The van der Waals surface area contributed by atoms with Crippen LogP contribution in [0.2, 0.25) is 0 Å². The summed E-state index contributed by atoms with van der Waals surface area (Å²) in [7, 11) is -3.55. The van der Waals surface area contributed by atoms with Crippen molar-refractivity contribution < 1.29 is 8.42 Å². The van der Waals surface area contributed by atoms with Gasteiger partial charge in [0.05, 0.1) is 5.69 Å². The summed E-state index contributed by atoms with van der Waals surface area (Å²) in [5.74, 6) is 0.308. The van der Waals surface area contributed by atoms with Crippen LogP contribution in [0.4, 0.5) is 5.82 Å². The van der Waals surface area contributed by atoms with Gasteiger partial charge in [0.15, 0.2) is 0 Å². The highest BCUT2D eigenvalue weighted by Gasteiger charge is 2.44. The fourth-order valence-electron chi connectivity index (χ4n) is 2.42. The SMILES string of the molecule is CC1(C)CCN1S(=O)(=O)c1cncc(-c2ccc(N)nn2)c1. The molecule has 0 bridgehead atoms. The second kappa shape index (κ2) is 4.99. The maximum atomic E-state index is 12.7. The third-order valence-electron chi connectivity index (χ3n) is 3.88. The van der Waals surface area contributed by atoms with Gasteiger partial charge in [-0.15, -0.1) is 10.2 Å². The fraction of sp³-hybridized carbons (Fsp3) is 0.357. The van der Waals surface area contributed by atoms with Crippen LogP contribution in [0.25, 0.3) is 11.3 Å². The van der Waals surface area contributed by atoms with E-state index in [0.717, 1.165) is 6.42 Å². The third-order valence-corrected chi connectivity index (χ3v) is 5.96. The quantitative estimate of drug-likeness (QED) is 0.914. The zero-order valence-corrected chi connectivity index (χ0v) is 13.2. The Morgan fingerprint density at radius 1 is 1.23 bits per heavy atom. The third kappa shape index (κ3) is 2.44. The summed E-state index contributed by atoms with van der Waals surface area (Å²) in [6.45, 7) is 4.36. The number of nitrogens with zero attached hydrogens (tertiary/aromatic N) is 4. The van der Waals surface area contributed by atoms with E-state index in [9.17, 15) is 8.42 Å². The molecule has 0 amide bonds. The molecule has 2 N–H and O–H groups in total. The van der Waals surface area contributed by atoms with Gasteiger partial charge in [-0.2, -0.15) is 4.31 Å². The minimum Gasteiger partial charge on any atom is -0.382 e. The molecule has 1 fully saturated rings. The van der Waals surface area contributed by atoms with Crippen LogP contribution < -0.4 is 5.73 Å². The number of aromatic nitrogens is 3. The molecule has 0 atom stereocenters. The molecule has 2 aromatic heterocycles. The van der Waals surface area contributed by atoms with Gasteiger partial charge in [-0.3, -0.25) is 4.98 Å². The lowest BCUT2D eigenvalue weighted by Gasteiger charge is -2.46. The van der Waals surface area contributed by atoms with E-state index in [2.05, 4.69) is 15.2 Å². The Labute approximate surface area is 129 Å². The van der Waals surface area contributed by atoms with Crippen LogP contribution in [0.1, 0.15) is 20.3 Å². The lowest BCUT2D eigenvalue weighted by Crippen LogP contribution is -2.58. The van der Waals surface area contributed by atoms with Crippen molar-refractivity contribution in [3.05, 3.63) is 30.6 Å². The van der Waals surface area contributed by atoms with E-state index in [-0.39, 0.29) is 10.4 Å². The molecule has 7 nitrogen and oxygen atoms in total. The lowest BCUT2D eigenvalue weighted by molar-refractivity contribution is 0.110. The summed E-state index contributed by atoms with van der Waals surface area (Å²) in [4.78, 5) is 4.20. The van der Waals surface area contributed by atoms with Crippen molar-refractivity contribution >= 4 is 15.8 Å². The molecule has 1 aliphatic rings. The number of hydrogen-bond acceptors (Lipinski definition) is 6. The molecular weight excluding hydrogens is 302 g/mol. The minimum absolute atomic E-state index is 0.163. The van der Waals surface area contributed by atoms with E-state index in [0.29, 0.717) is 23.6 Å². The van der Waals surface area contributed by atoms with Crippen molar-refractivity contribution in [2.75, 3.05) is 12.3 Å². The lowest BCUT2D eigenvalue weighted by atomic mass is 9.93. The summed E-state index contributed by atoms with van der Waals surface area (Å²) >= 11 is 0. The van der Waals surface area contributed by atoms with Crippen molar-refractivity contribution in [1.82, 2.24) is 19.5 Å². The Bertz CT molecular complexity index is 802. The second-order valence-corrected chi connectivity index (χ2v) is 7.75. The molecule has 0 aromatic carbocycles. The van der Waals surface area contributed by atoms with Crippen LogP contribution >= 0.6 is 0 Å². The Morgan fingerprint density at radius 3 is 2.55 bits per heavy atom. The second-order valence-electron chi connectivity index (χ2n) is 5.89. The van der Waals surface area contributed by atoms with Crippen LogP contribution in [0, 0.1) is 0 Å². The van der Waals surface area contributed by atoms with Crippen molar-refractivity contribution in [1.29, 1.82) is 0 Å². The standard InChI is InChI=1S/C14H17N5O2S/c1-14(2)5-6-19(14)22(20,21)11-7-10(8-16-9-11)12-3-4-13(15)18-17-12/h3-4,7-9H,5-6H2,1-2H3,(H2,15,18). The first kappa shape index (κ1) is 14.9. The van der Waals surface area contributed by atoms with Crippen LogP contribution in [-0.4, -0.2) is 40.0 Å². The van der Waals surface area contributed by atoms with Gasteiger partial charge in [-0.1, -0.05) is 0 Å². The normalized spacial score (nSPS) is 17.9. The van der Waals surface area contributed by atoms with E-state index in [1.165, 1.54) is 10.5 Å².